The molecule has 0 spiro atoms. The van der Waals surface area contributed by atoms with Gasteiger partial charge in [0.15, 0.2) is 5.84 Å². The van der Waals surface area contributed by atoms with Gasteiger partial charge in [-0.05, 0) is 86.2 Å². The second-order valence-corrected chi connectivity index (χ2v) is 10.9. The lowest BCUT2D eigenvalue weighted by Crippen LogP contribution is -2.35. The maximum absolute atomic E-state index is 12.9. The molecule has 1 atom stereocenters. The number of amidine groups is 2. The van der Waals surface area contributed by atoms with Crippen molar-refractivity contribution in [1.29, 1.82) is 5.41 Å². The van der Waals surface area contributed by atoms with Gasteiger partial charge < -0.3 is 9.47 Å². The van der Waals surface area contributed by atoms with Crippen molar-refractivity contribution in [3.63, 3.8) is 0 Å². The molecule has 1 aromatic carbocycles. The van der Waals surface area contributed by atoms with Crippen LogP contribution >= 0.6 is 11.8 Å². The first kappa shape index (κ1) is 25.2. The summed E-state index contributed by atoms with van der Waals surface area (Å²) in [4.78, 5) is 31.5. The lowest BCUT2D eigenvalue weighted by molar-refractivity contribution is -0.128. The smallest absolute Gasteiger partial charge is 0.283 e. The Labute approximate surface area is 221 Å². The van der Waals surface area contributed by atoms with Crippen LogP contribution in [0, 0.1) is 19.3 Å². The molecular formula is C28H32N6O2S. The van der Waals surface area contributed by atoms with Gasteiger partial charge >= 0.3 is 0 Å². The second-order valence-electron chi connectivity index (χ2n) is 9.84. The van der Waals surface area contributed by atoms with E-state index >= 15 is 0 Å². The number of hydrazone groups is 1. The van der Waals surface area contributed by atoms with E-state index in [9.17, 15) is 9.59 Å². The Morgan fingerprint density at radius 2 is 1.89 bits per heavy atom. The Morgan fingerprint density at radius 3 is 2.57 bits per heavy atom. The number of thioether (sulfide) groups is 1. The zero-order valence-corrected chi connectivity index (χ0v) is 22.6. The summed E-state index contributed by atoms with van der Waals surface area (Å²) in [5, 5.41) is 15.4. The molecule has 0 radical (unpaired) electrons. The maximum Gasteiger partial charge on any atom is 0.283 e. The van der Waals surface area contributed by atoms with Crippen molar-refractivity contribution >= 4 is 45.7 Å². The fourth-order valence-corrected chi connectivity index (χ4v) is 5.86. The Morgan fingerprint density at radius 1 is 1.19 bits per heavy atom. The van der Waals surface area contributed by atoms with Crippen molar-refractivity contribution in [1.82, 2.24) is 14.5 Å². The number of aromatic nitrogens is 1. The third kappa shape index (κ3) is 4.80. The van der Waals surface area contributed by atoms with Gasteiger partial charge in [-0.3, -0.25) is 15.0 Å². The van der Waals surface area contributed by atoms with Crippen LogP contribution in [0.4, 0.5) is 0 Å². The predicted molar refractivity (Wildman–Crippen MR) is 149 cm³/mol. The summed E-state index contributed by atoms with van der Waals surface area (Å²) >= 11 is 1.19. The van der Waals surface area contributed by atoms with E-state index in [1.807, 2.05) is 24.8 Å². The highest BCUT2D eigenvalue weighted by atomic mass is 32.2. The summed E-state index contributed by atoms with van der Waals surface area (Å²) < 4.78 is 2.16. The first-order chi connectivity index (χ1) is 17.8. The fraction of sp³-hybridized carbons (Fsp3) is 0.393. The molecule has 3 aliphatic rings. The Kier molecular flexibility index (Phi) is 6.90. The highest BCUT2D eigenvalue weighted by Crippen LogP contribution is 2.31. The number of likely N-dealkylation sites (tertiary alicyclic amines) is 1. The number of amides is 2. The van der Waals surface area contributed by atoms with Crippen LogP contribution in [0.5, 0.6) is 0 Å². The van der Waals surface area contributed by atoms with Gasteiger partial charge in [0.05, 0.1) is 12.0 Å². The Balaban J connectivity index is 1.39. The maximum atomic E-state index is 12.9. The largest absolute Gasteiger partial charge is 0.342 e. The van der Waals surface area contributed by atoms with Gasteiger partial charge in [0.2, 0.25) is 11.1 Å². The van der Waals surface area contributed by atoms with Crippen LogP contribution < -0.4 is 0 Å². The molecule has 1 aromatic heterocycles. The zero-order chi connectivity index (χ0) is 26.3. The number of nitrogens with zero attached hydrogens (tertiary/aromatic N) is 5. The van der Waals surface area contributed by atoms with E-state index in [2.05, 4.69) is 52.8 Å². The van der Waals surface area contributed by atoms with Crippen molar-refractivity contribution in [2.75, 3.05) is 13.1 Å². The highest BCUT2D eigenvalue weighted by Gasteiger charge is 2.36. The van der Waals surface area contributed by atoms with E-state index in [-0.39, 0.29) is 23.7 Å². The lowest BCUT2D eigenvalue weighted by Gasteiger charge is -2.20. The molecule has 3 aliphatic heterocycles. The average Bonchev–Trinajstić information content (AvgIpc) is 3.61. The molecule has 2 amide bonds. The van der Waals surface area contributed by atoms with E-state index in [4.69, 9.17) is 5.41 Å². The van der Waals surface area contributed by atoms with Crippen molar-refractivity contribution < 1.29 is 9.59 Å². The Hall–Kier alpha value is -3.46. The molecule has 192 valence electrons. The van der Waals surface area contributed by atoms with Gasteiger partial charge in [-0.25, -0.2) is 0 Å². The number of benzene rings is 1. The first-order valence-corrected chi connectivity index (χ1v) is 13.6. The second kappa shape index (κ2) is 10.1. The number of aliphatic imine (C=N–C) groups is 1. The van der Waals surface area contributed by atoms with Crippen molar-refractivity contribution in [3.8, 4) is 5.69 Å². The lowest BCUT2D eigenvalue weighted by atomic mass is 9.98. The molecule has 1 saturated heterocycles. The average molecular weight is 517 g/mol. The first-order valence-electron chi connectivity index (χ1n) is 12.8. The summed E-state index contributed by atoms with van der Waals surface area (Å²) in [5.74, 6) is 0.0605. The van der Waals surface area contributed by atoms with Gasteiger partial charge in [-0.2, -0.15) is 15.1 Å². The molecule has 37 heavy (non-hydrogen) atoms. The van der Waals surface area contributed by atoms with Gasteiger partial charge in [0.1, 0.15) is 5.04 Å². The number of hydrogen-bond donors (Lipinski definition) is 1. The molecule has 0 aliphatic carbocycles. The third-order valence-electron chi connectivity index (χ3n) is 7.36. The standard InChI is InChI=1S/C28H32N6O2S/c1-5-17(2)20-8-10-22(11-9-20)33-18(3)14-21(19(33)4)15-23-26(29)34-28(30-27(23)36)37-24(31-34)16-25(35)32-12-6-7-13-32/h8-11,14-15,17,29H,5-7,12-13,16H2,1-4H3/b23-15+,29-26?. The molecule has 5 rings (SSSR count). The summed E-state index contributed by atoms with van der Waals surface area (Å²) in [6.07, 6.45) is 5.05. The summed E-state index contributed by atoms with van der Waals surface area (Å²) in [6, 6.07) is 10.6. The number of rotatable bonds is 6. The fourth-order valence-electron chi connectivity index (χ4n) is 4.99. The molecule has 1 N–H and O–H groups in total. The SMILES string of the molecule is CCC(C)c1ccc(-n2c(C)cc(/C=C3\C(=N)N4N=C(CC(=O)N5CCCC5)SC4=NC3=O)c2C)cc1. The van der Waals surface area contributed by atoms with Crippen molar-refractivity contribution in [2.45, 2.75) is 59.3 Å². The Bertz CT molecular complexity index is 1360. The van der Waals surface area contributed by atoms with E-state index in [0.29, 0.717) is 16.1 Å². The monoisotopic (exact) mass is 516 g/mol. The molecule has 1 unspecified atom stereocenters. The minimum absolute atomic E-state index is 0.0196. The van der Waals surface area contributed by atoms with Crippen LogP contribution in [0.1, 0.15) is 68.0 Å². The van der Waals surface area contributed by atoms with E-state index in [0.717, 1.165) is 55.0 Å². The van der Waals surface area contributed by atoms with E-state index in [1.54, 1.807) is 6.08 Å². The van der Waals surface area contributed by atoms with Gasteiger partial charge in [-0.1, -0.05) is 26.0 Å². The molecule has 9 heteroatoms. The quantitative estimate of drug-likeness (QED) is 0.532. The number of carbonyl (C=O) groups excluding carboxylic acids is 2. The summed E-state index contributed by atoms with van der Waals surface area (Å²) in [6.45, 7) is 10.0. The van der Waals surface area contributed by atoms with Crippen molar-refractivity contribution in [3.05, 3.63) is 58.4 Å². The number of carbonyl (C=O) groups is 2. The topological polar surface area (TPSA) is 94.1 Å². The molecule has 1 fully saturated rings. The van der Waals surface area contributed by atoms with Gasteiger partial charge in [0.25, 0.3) is 5.91 Å². The summed E-state index contributed by atoms with van der Waals surface area (Å²) in [7, 11) is 0. The predicted octanol–water partition coefficient (Wildman–Crippen LogP) is 5.24. The minimum atomic E-state index is -0.464. The third-order valence-corrected chi connectivity index (χ3v) is 8.27. The molecule has 0 bridgehead atoms. The molecule has 0 saturated carbocycles. The van der Waals surface area contributed by atoms with Crippen LogP contribution in [0.2, 0.25) is 0 Å². The van der Waals surface area contributed by atoms with E-state index < -0.39 is 5.91 Å². The molecular weight excluding hydrogens is 484 g/mol. The summed E-state index contributed by atoms with van der Waals surface area (Å²) in [5.41, 5.74) is 5.44. The van der Waals surface area contributed by atoms with Crippen LogP contribution in [-0.2, 0) is 9.59 Å². The normalized spacial score (nSPS) is 19.4. The zero-order valence-electron chi connectivity index (χ0n) is 21.7. The van der Waals surface area contributed by atoms with Crippen LogP contribution in [-0.4, -0.2) is 55.4 Å². The molecule has 4 heterocycles. The highest BCUT2D eigenvalue weighted by molar-refractivity contribution is 8.27. The van der Waals surface area contributed by atoms with Crippen LogP contribution in [0.3, 0.4) is 0 Å². The van der Waals surface area contributed by atoms with Crippen LogP contribution in [0.25, 0.3) is 11.8 Å². The number of fused-ring (bicyclic) bond motifs is 1. The number of aryl methyl sites for hydroxylation is 1. The van der Waals surface area contributed by atoms with Gasteiger partial charge in [-0.15, -0.1) is 0 Å². The number of nitrogens with one attached hydrogen (secondary N) is 1. The molecule has 2 aromatic rings. The van der Waals surface area contributed by atoms with Crippen LogP contribution in [0.15, 0.2) is 46.0 Å². The van der Waals surface area contributed by atoms with E-state index in [1.165, 1.54) is 22.3 Å². The van der Waals surface area contributed by atoms with Gasteiger partial charge in [0, 0.05) is 30.2 Å². The van der Waals surface area contributed by atoms with Crippen molar-refractivity contribution in [2.24, 2.45) is 10.1 Å². The number of hydrogen-bond acceptors (Lipinski definition) is 5. The minimum Gasteiger partial charge on any atom is -0.342 e. The molecule has 8 nitrogen and oxygen atoms in total.